The number of thioether (sulfide) groups is 1. The van der Waals surface area contributed by atoms with Crippen molar-refractivity contribution in [1.82, 2.24) is 10.2 Å². The van der Waals surface area contributed by atoms with Gasteiger partial charge in [0.1, 0.15) is 0 Å². The topological polar surface area (TPSA) is 31.9 Å². The number of nitrogens with one attached hydrogen (secondary N) is 1. The maximum Gasteiger partial charge on any atom is 0.0584 e. The summed E-state index contributed by atoms with van der Waals surface area (Å²) in [6, 6.07) is 6.64. The largest absolute Gasteiger partial charge is 0.343 e. The molecule has 4 rings (SSSR count). The van der Waals surface area contributed by atoms with E-state index in [-0.39, 0.29) is 5.92 Å². The van der Waals surface area contributed by atoms with E-state index in [0.29, 0.717) is 0 Å². The fraction of sp³-hybridized carbons (Fsp3) is 0.174. The summed E-state index contributed by atoms with van der Waals surface area (Å²) in [7, 11) is 2.14. The van der Waals surface area contributed by atoms with Crippen LogP contribution in [0.4, 0.5) is 5.69 Å². The van der Waals surface area contributed by atoms with E-state index >= 15 is 0 Å². The molecule has 27 heavy (non-hydrogen) atoms. The van der Waals surface area contributed by atoms with Gasteiger partial charge in [0, 0.05) is 28.0 Å². The van der Waals surface area contributed by atoms with E-state index in [0.717, 1.165) is 16.1 Å². The summed E-state index contributed by atoms with van der Waals surface area (Å²) in [5.41, 5.74) is 6.07. The first-order chi connectivity index (χ1) is 13.0. The number of rotatable bonds is 2. The van der Waals surface area contributed by atoms with Crippen LogP contribution in [0, 0.1) is 12.8 Å². The van der Waals surface area contributed by atoms with Gasteiger partial charge in [-0.3, -0.25) is 5.10 Å². The second kappa shape index (κ2) is 6.78. The van der Waals surface area contributed by atoms with Crippen LogP contribution in [0.3, 0.4) is 0 Å². The molecule has 2 heterocycles. The van der Waals surface area contributed by atoms with Crippen LogP contribution in [0.1, 0.15) is 12.5 Å². The number of fused-ring (bicyclic) bond motifs is 1. The Morgan fingerprint density at radius 1 is 1.37 bits per heavy atom. The number of aryl methyl sites for hydroxylation is 1. The highest BCUT2D eigenvalue weighted by molar-refractivity contribution is 8.03. The number of allylic oxidation sites excluding steroid dienone is 5. The average molecular weight is 374 g/mol. The van der Waals surface area contributed by atoms with Crippen molar-refractivity contribution in [2.45, 2.75) is 18.7 Å². The van der Waals surface area contributed by atoms with E-state index in [4.69, 9.17) is 0 Å². The first-order valence-electron chi connectivity index (χ1n) is 9.01. The number of H-pyrrole nitrogens is 1. The van der Waals surface area contributed by atoms with Crippen LogP contribution in [0.25, 0.3) is 12.2 Å². The minimum absolute atomic E-state index is 0.261. The monoisotopic (exact) mass is 373 g/mol. The third-order valence-corrected chi connectivity index (χ3v) is 6.27. The maximum atomic E-state index is 4.14. The second-order valence-electron chi connectivity index (χ2n) is 7.01. The lowest BCUT2D eigenvalue weighted by Crippen LogP contribution is -2.24. The maximum absolute atomic E-state index is 4.14. The molecular weight excluding hydrogens is 350 g/mol. The third kappa shape index (κ3) is 3.00. The third-order valence-electron chi connectivity index (χ3n) is 5.15. The zero-order valence-corrected chi connectivity index (χ0v) is 16.7. The molecule has 1 aromatic carbocycles. The second-order valence-corrected chi connectivity index (χ2v) is 8.09. The molecule has 1 aromatic heterocycles. The van der Waals surface area contributed by atoms with E-state index in [9.17, 15) is 0 Å². The Kier molecular flexibility index (Phi) is 4.44. The van der Waals surface area contributed by atoms with Gasteiger partial charge < -0.3 is 4.90 Å². The van der Waals surface area contributed by atoms with Crippen molar-refractivity contribution in [3.63, 3.8) is 0 Å². The van der Waals surface area contributed by atoms with Gasteiger partial charge in [0.2, 0.25) is 0 Å². The fourth-order valence-corrected chi connectivity index (χ4v) is 4.77. The molecular formula is C23H23N3S. The van der Waals surface area contributed by atoms with Gasteiger partial charge in [-0.15, -0.1) is 0 Å². The molecule has 0 radical (unpaired) electrons. The number of anilines is 1. The highest BCUT2D eigenvalue weighted by Gasteiger charge is 2.24. The average Bonchev–Trinajstić information content (AvgIpc) is 2.99. The van der Waals surface area contributed by atoms with Gasteiger partial charge in [-0.25, -0.2) is 0 Å². The van der Waals surface area contributed by atoms with Gasteiger partial charge in [-0.05, 0) is 47.9 Å². The summed E-state index contributed by atoms with van der Waals surface area (Å²) in [4.78, 5) is 4.81. The van der Waals surface area contributed by atoms with Gasteiger partial charge in [0.25, 0.3) is 0 Å². The standard InChI is InChI=1S/C23H23N3S/c1-6-17(19-13-24-25-16(19)4)18-12-23-20(9-8-15(18)3)26(5)21-11-14(2)7-10-22(21)27-23/h6-13,15,25H,1,4H2,2-3,5H3/b19-17+. The Hall–Kier alpha value is -2.72. The van der Waals surface area contributed by atoms with Gasteiger partial charge in [-0.1, -0.05) is 50.1 Å². The number of aromatic amines is 1. The number of benzene rings is 1. The molecule has 0 saturated carbocycles. The predicted octanol–water partition coefficient (Wildman–Crippen LogP) is 4.05. The van der Waals surface area contributed by atoms with Crippen molar-refractivity contribution < 1.29 is 0 Å². The summed E-state index contributed by atoms with van der Waals surface area (Å²) in [5, 5.41) is 8.89. The van der Waals surface area contributed by atoms with Crippen molar-refractivity contribution >= 4 is 29.6 Å². The van der Waals surface area contributed by atoms with Crippen LogP contribution in [0.15, 0.2) is 76.3 Å². The van der Waals surface area contributed by atoms with E-state index in [1.165, 1.54) is 32.3 Å². The lowest BCUT2D eigenvalue weighted by molar-refractivity contribution is 0.898. The number of likely N-dealkylation sites (N-methyl/N-ethyl adjacent to an activating group) is 1. The number of aromatic nitrogens is 2. The Labute approximate surface area is 164 Å². The van der Waals surface area contributed by atoms with Crippen molar-refractivity contribution in [3.05, 3.63) is 87.6 Å². The highest BCUT2D eigenvalue weighted by atomic mass is 32.2. The zero-order valence-electron chi connectivity index (χ0n) is 15.9. The minimum atomic E-state index is 0.261. The fourth-order valence-electron chi connectivity index (χ4n) is 3.60. The first kappa shape index (κ1) is 17.7. The lowest BCUT2D eigenvalue weighted by Gasteiger charge is -2.30. The summed E-state index contributed by atoms with van der Waals surface area (Å²) < 4.78 is 0. The Bertz CT molecular complexity index is 1130. The summed E-state index contributed by atoms with van der Waals surface area (Å²) in [6.07, 6.45) is 10.5. The molecule has 1 unspecified atom stereocenters. The normalized spacial score (nSPS) is 19.9. The van der Waals surface area contributed by atoms with E-state index in [1.807, 2.05) is 24.0 Å². The van der Waals surface area contributed by atoms with Crippen LogP contribution in [-0.2, 0) is 0 Å². The summed E-state index contributed by atoms with van der Waals surface area (Å²) >= 11 is 1.83. The Morgan fingerprint density at radius 2 is 2.19 bits per heavy atom. The molecule has 3 nitrogen and oxygen atoms in total. The SMILES string of the molecule is C=C/C(C1=CC2=C(C=CC1C)N(C)c1cc(C)ccc1S2)=c1/cn[nH]c1=C. The van der Waals surface area contributed by atoms with Crippen molar-refractivity contribution in [2.75, 3.05) is 11.9 Å². The Morgan fingerprint density at radius 3 is 2.89 bits per heavy atom. The summed E-state index contributed by atoms with van der Waals surface area (Å²) in [5.74, 6) is 0.261. The lowest BCUT2D eigenvalue weighted by atomic mass is 9.92. The number of nitrogens with zero attached hydrogens (tertiary/aromatic N) is 2. The van der Waals surface area contributed by atoms with E-state index in [2.05, 4.69) is 85.6 Å². The van der Waals surface area contributed by atoms with E-state index < -0.39 is 0 Å². The molecule has 0 bridgehead atoms. The Balaban J connectivity index is 1.91. The molecule has 136 valence electrons. The molecule has 1 N–H and O–H groups in total. The zero-order chi connectivity index (χ0) is 19.1. The van der Waals surface area contributed by atoms with E-state index in [1.54, 1.807) is 0 Å². The molecule has 2 aliphatic rings. The predicted molar refractivity (Wildman–Crippen MR) is 116 cm³/mol. The van der Waals surface area contributed by atoms with Crippen molar-refractivity contribution in [2.24, 2.45) is 5.92 Å². The number of hydrogen-bond donors (Lipinski definition) is 1. The molecule has 0 amide bonds. The van der Waals surface area contributed by atoms with Gasteiger partial charge in [-0.2, -0.15) is 5.10 Å². The van der Waals surface area contributed by atoms with Gasteiger partial charge in [0.15, 0.2) is 0 Å². The highest BCUT2D eigenvalue weighted by Crippen LogP contribution is 2.46. The van der Waals surface area contributed by atoms with Crippen LogP contribution in [-0.4, -0.2) is 17.2 Å². The van der Waals surface area contributed by atoms with Gasteiger partial charge in [0.05, 0.1) is 22.9 Å². The molecule has 0 spiro atoms. The van der Waals surface area contributed by atoms with Crippen LogP contribution < -0.4 is 15.5 Å². The van der Waals surface area contributed by atoms with Crippen LogP contribution in [0.2, 0.25) is 0 Å². The smallest absolute Gasteiger partial charge is 0.0584 e. The van der Waals surface area contributed by atoms with Crippen LogP contribution in [0.5, 0.6) is 0 Å². The molecule has 4 heteroatoms. The quantitative estimate of drug-likeness (QED) is 0.862. The molecule has 1 aliphatic heterocycles. The molecule has 1 aliphatic carbocycles. The minimum Gasteiger partial charge on any atom is -0.343 e. The summed E-state index contributed by atoms with van der Waals surface area (Å²) in [6.45, 7) is 12.5. The van der Waals surface area contributed by atoms with Crippen molar-refractivity contribution in [3.8, 4) is 0 Å². The van der Waals surface area contributed by atoms with Crippen LogP contribution >= 0.6 is 11.8 Å². The number of hydrogen-bond acceptors (Lipinski definition) is 3. The van der Waals surface area contributed by atoms with Gasteiger partial charge >= 0.3 is 0 Å². The molecule has 2 aromatic rings. The first-order valence-corrected chi connectivity index (χ1v) is 9.83. The molecule has 0 saturated heterocycles. The van der Waals surface area contributed by atoms with Crippen molar-refractivity contribution in [1.29, 1.82) is 0 Å². The molecule has 0 fully saturated rings. The molecule has 1 atom stereocenters.